The summed E-state index contributed by atoms with van der Waals surface area (Å²) in [7, 11) is 2.04. The van der Waals surface area contributed by atoms with Crippen LogP contribution in [-0.2, 0) is 5.41 Å². The number of hydrogen-bond acceptors (Lipinski definition) is 6. The normalized spacial score (nSPS) is 16.1. The summed E-state index contributed by atoms with van der Waals surface area (Å²) in [6.07, 6.45) is 3.69. The Morgan fingerprint density at radius 3 is 2.54 bits per heavy atom. The Bertz CT molecular complexity index is 1620. The molecule has 0 radical (unpaired) electrons. The minimum absolute atomic E-state index is 0.00883. The predicted molar refractivity (Wildman–Crippen MR) is 146 cm³/mol. The van der Waals surface area contributed by atoms with Crippen LogP contribution < -0.4 is 9.70 Å². The van der Waals surface area contributed by atoms with Gasteiger partial charge >= 0.3 is 0 Å². The summed E-state index contributed by atoms with van der Waals surface area (Å²) in [6, 6.07) is 20.6. The maximum absolute atomic E-state index is 13.4. The van der Waals surface area contributed by atoms with Crippen molar-refractivity contribution in [3.8, 4) is 11.3 Å². The Kier molecular flexibility index (Phi) is 6.31. The van der Waals surface area contributed by atoms with Crippen LogP contribution in [0.25, 0.3) is 11.3 Å². The van der Waals surface area contributed by atoms with E-state index < -0.39 is 4.92 Å². The Morgan fingerprint density at radius 1 is 1.05 bits per heavy atom. The molecule has 1 aliphatic rings. The zero-order valence-electron chi connectivity index (χ0n) is 20.5. The number of allylic oxidation sites excluding steroid dienone is 2. The molecule has 0 unspecified atom stereocenters. The first-order chi connectivity index (χ1) is 17.8. The Hall–Kier alpha value is -4.37. The standard InChI is InChI=1S/C28H24FN5O2S/c1-28(2)23-9-4-5-10-24(23)32(3)26(28)15-16-30-33-25(19-7-6-8-22(17-19)34(35)36)18-37-27(33)31-21-13-11-20(29)12-14-21/h4-18H,1-3H3. The summed E-state index contributed by atoms with van der Waals surface area (Å²) in [5, 5.41) is 17.9. The van der Waals surface area contributed by atoms with Gasteiger partial charge < -0.3 is 4.90 Å². The highest BCUT2D eigenvalue weighted by atomic mass is 32.1. The van der Waals surface area contributed by atoms with Crippen LogP contribution >= 0.6 is 11.3 Å². The summed E-state index contributed by atoms with van der Waals surface area (Å²) >= 11 is 1.34. The second-order valence-electron chi connectivity index (χ2n) is 9.13. The molecule has 0 atom stereocenters. The molecule has 0 N–H and O–H groups in total. The van der Waals surface area contributed by atoms with Gasteiger partial charge in [0.2, 0.25) is 4.80 Å². The first-order valence-electron chi connectivity index (χ1n) is 11.6. The molecule has 0 saturated carbocycles. The molecule has 3 aromatic carbocycles. The molecule has 186 valence electrons. The van der Waals surface area contributed by atoms with Gasteiger partial charge in [-0.1, -0.05) is 44.2 Å². The monoisotopic (exact) mass is 513 g/mol. The van der Waals surface area contributed by atoms with Crippen LogP contribution in [0.5, 0.6) is 0 Å². The maximum atomic E-state index is 13.4. The molecule has 0 fully saturated rings. The van der Waals surface area contributed by atoms with Gasteiger partial charge in [0.15, 0.2) is 0 Å². The lowest BCUT2D eigenvalue weighted by atomic mass is 9.84. The van der Waals surface area contributed by atoms with Gasteiger partial charge in [-0.2, -0.15) is 5.10 Å². The van der Waals surface area contributed by atoms with Gasteiger partial charge in [-0.05, 0) is 42.0 Å². The molecule has 37 heavy (non-hydrogen) atoms. The van der Waals surface area contributed by atoms with Crippen LogP contribution in [0, 0.1) is 15.9 Å². The van der Waals surface area contributed by atoms with Crippen LogP contribution in [0.15, 0.2) is 100 Å². The predicted octanol–water partition coefficient (Wildman–Crippen LogP) is 6.64. The van der Waals surface area contributed by atoms with Gasteiger partial charge in [-0.25, -0.2) is 14.1 Å². The third-order valence-corrected chi connectivity index (χ3v) is 7.26. The summed E-state index contributed by atoms with van der Waals surface area (Å²) in [6.45, 7) is 4.35. The number of thiazole rings is 1. The van der Waals surface area contributed by atoms with Crippen molar-refractivity contribution in [2.75, 3.05) is 11.9 Å². The van der Waals surface area contributed by atoms with Crippen LogP contribution in [0.2, 0.25) is 0 Å². The van der Waals surface area contributed by atoms with Gasteiger partial charge in [-0.15, -0.1) is 11.3 Å². The number of rotatable bonds is 5. The number of halogens is 1. The van der Waals surface area contributed by atoms with Crippen molar-refractivity contribution in [2.24, 2.45) is 10.1 Å². The molecule has 1 aliphatic heterocycles. The van der Waals surface area contributed by atoms with E-state index in [1.54, 1.807) is 35.2 Å². The minimum atomic E-state index is -0.423. The number of para-hydroxylation sites is 1. The fourth-order valence-electron chi connectivity index (χ4n) is 4.56. The van der Waals surface area contributed by atoms with Gasteiger partial charge in [-0.3, -0.25) is 10.1 Å². The van der Waals surface area contributed by atoms with Gasteiger partial charge in [0.25, 0.3) is 5.69 Å². The van der Waals surface area contributed by atoms with Crippen LogP contribution in [0.4, 0.5) is 21.5 Å². The van der Waals surface area contributed by atoms with E-state index in [0.29, 0.717) is 21.7 Å². The van der Waals surface area contributed by atoms with Crippen molar-refractivity contribution in [3.63, 3.8) is 0 Å². The van der Waals surface area contributed by atoms with Crippen molar-refractivity contribution in [1.82, 2.24) is 4.68 Å². The average molecular weight is 514 g/mol. The molecule has 0 saturated heterocycles. The summed E-state index contributed by atoms with van der Waals surface area (Å²) in [5.74, 6) is -0.343. The lowest BCUT2D eigenvalue weighted by Gasteiger charge is -2.23. The number of hydrogen-bond donors (Lipinski definition) is 0. The summed E-state index contributed by atoms with van der Waals surface area (Å²) < 4.78 is 15.1. The van der Waals surface area contributed by atoms with E-state index in [9.17, 15) is 14.5 Å². The van der Waals surface area contributed by atoms with Crippen molar-refractivity contribution in [3.05, 3.63) is 116 Å². The smallest absolute Gasteiger partial charge is 0.270 e. The van der Waals surface area contributed by atoms with Gasteiger partial charge in [0.1, 0.15) is 5.82 Å². The molecule has 1 aromatic heterocycles. The molecule has 0 spiro atoms. The largest absolute Gasteiger partial charge is 0.347 e. The first-order valence-corrected chi connectivity index (χ1v) is 12.5. The van der Waals surface area contributed by atoms with Crippen LogP contribution in [-0.4, -0.2) is 22.9 Å². The van der Waals surface area contributed by atoms with E-state index in [2.05, 4.69) is 35.9 Å². The lowest BCUT2D eigenvalue weighted by molar-refractivity contribution is -0.384. The minimum Gasteiger partial charge on any atom is -0.347 e. The average Bonchev–Trinajstić information content (AvgIpc) is 3.37. The van der Waals surface area contributed by atoms with Crippen LogP contribution in [0.3, 0.4) is 0 Å². The maximum Gasteiger partial charge on any atom is 0.270 e. The second-order valence-corrected chi connectivity index (χ2v) is 9.97. The number of aromatic nitrogens is 1. The molecule has 2 heterocycles. The van der Waals surface area contributed by atoms with E-state index in [1.165, 1.54) is 41.2 Å². The first kappa shape index (κ1) is 24.3. The Labute approximate surface area is 217 Å². The van der Waals surface area contributed by atoms with Gasteiger partial charge in [0.05, 0.1) is 16.3 Å². The number of likely N-dealkylation sites (N-methyl/N-ethyl adjacent to an activating group) is 1. The number of benzene rings is 3. The van der Waals surface area contributed by atoms with Crippen molar-refractivity contribution >= 4 is 34.6 Å². The van der Waals surface area contributed by atoms with E-state index in [4.69, 9.17) is 5.10 Å². The zero-order chi connectivity index (χ0) is 26.2. The lowest BCUT2D eigenvalue weighted by Crippen LogP contribution is -2.23. The van der Waals surface area contributed by atoms with Crippen LogP contribution in [0.1, 0.15) is 19.4 Å². The molecule has 0 amide bonds. The van der Waals surface area contributed by atoms with Gasteiger partial charge in [0, 0.05) is 53.1 Å². The highest BCUT2D eigenvalue weighted by molar-refractivity contribution is 7.07. The summed E-state index contributed by atoms with van der Waals surface area (Å²) in [4.78, 5) is 18.3. The molecular formula is C28H24FN5O2S. The quantitative estimate of drug-likeness (QED) is 0.170. The fourth-order valence-corrected chi connectivity index (χ4v) is 5.42. The molecule has 5 rings (SSSR count). The van der Waals surface area contributed by atoms with Crippen molar-refractivity contribution in [2.45, 2.75) is 19.3 Å². The zero-order valence-corrected chi connectivity index (χ0v) is 21.3. The molecule has 9 heteroatoms. The van der Waals surface area contributed by atoms with E-state index in [1.807, 2.05) is 30.6 Å². The Balaban J connectivity index is 1.61. The number of nitrogens with zero attached hydrogens (tertiary/aromatic N) is 5. The van der Waals surface area contributed by atoms with E-state index in [0.717, 1.165) is 11.4 Å². The molecular weight excluding hydrogens is 489 g/mol. The number of anilines is 1. The number of fused-ring (bicyclic) bond motifs is 1. The van der Waals surface area contributed by atoms with Crippen molar-refractivity contribution in [1.29, 1.82) is 0 Å². The van der Waals surface area contributed by atoms with E-state index in [-0.39, 0.29) is 16.9 Å². The summed E-state index contributed by atoms with van der Waals surface area (Å²) in [5.41, 5.74) is 5.13. The third-order valence-electron chi connectivity index (χ3n) is 6.44. The number of nitro groups is 1. The topological polar surface area (TPSA) is 76.0 Å². The van der Waals surface area contributed by atoms with Crippen molar-refractivity contribution < 1.29 is 9.31 Å². The Morgan fingerprint density at radius 2 is 1.81 bits per heavy atom. The second kappa shape index (κ2) is 9.59. The fraction of sp³-hybridized carbons (Fsp3) is 0.143. The molecule has 0 aliphatic carbocycles. The highest BCUT2D eigenvalue weighted by Gasteiger charge is 2.37. The number of non-ortho nitro benzene ring substituents is 1. The molecule has 4 aromatic rings. The molecule has 0 bridgehead atoms. The SMILES string of the molecule is CN1C(=CC=Nn2c(-c3cccc([N+](=O)[O-])c3)csc2=Nc2ccc(F)cc2)C(C)(C)c2ccccc21. The third kappa shape index (κ3) is 4.61. The number of nitro benzene ring substituents is 1. The van der Waals surface area contributed by atoms with E-state index >= 15 is 0 Å². The highest BCUT2D eigenvalue weighted by Crippen LogP contribution is 2.46. The molecule has 7 nitrogen and oxygen atoms in total.